The minimum Gasteiger partial charge on any atom is -0.496 e. The molecule has 0 heterocycles. The van der Waals surface area contributed by atoms with E-state index in [1.165, 1.54) is 0 Å². The molecule has 0 aliphatic carbocycles. The van der Waals surface area contributed by atoms with E-state index in [1.54, 1.807) is 61.9 Å². The van der Waals surface area contributed by atoms with E-state index < -0.39 is 0 Å². The third-order valence-electron chi connectivity index (χ3n) is 5.44. The van der Waals surface area contributed by atoms with Crippen molar-refractivity contribution < 1.29 is 28.5 Å². The van der Waals surface area contributed by atoms with Crippen LogP contribution in [0.4, 0.5) is 0 Å². The molecule has 40 heavy (non-hydrogen) atoms. The molecule has 0 fully saturated rings. The quantitative estimate of drug-likeness (QED) is 0.0976. The number of hydrogen-bond donors (Lipinski definition) is 1. The Kier molecular flexibility index (Phi) is 12.1. The van der Waals surface area contributed by atoms with E-state index in [2.05, 4.69) is 10.5 Å². The summed E-state index contributed by atoms with van der Waals surface area (Å²) in [5, 5.41) is 4.99. The van der Waals surface area contributed by atoms with Crippen LogP contribution in [0.3, 0.4) is 0 Å². The molecule has 1 N–H and O–H groups in total. The molecule has 212 valence electrons. The summed E-state index contributed by atoms with van der Waals surface area (Å²) in [6.45, 7) is 4.89. The van der Waals surface area contributed by atoms with Crippen molar-refractivity contribution >= 4 is 41.3 Å². The molecule has 3 rings (SSSR count). The predicted molar refractivity (Wildman–Crippen MR) is 156 cm³/mol. The summed E-state index contributed by atoms with van der Waals surface area (Å²) in [5.74, 6) is 1.42. The van der Waals surface area contributed by atoms with Crippen LogP contribution in [0.15, 0.2) is 65.8 Å². The molecule has 0 aliphatic heterocycles. The summed E-state index contributed by atoms with van der Waals surface area (Å²) in [7, 11) is 1.58. The van der Waals surface area contributed by atoms with Gasteiger partial charge in [-0.2, -0.15) is 5.10 Å². The summed E-state index contributed by atoms with van der Waals surface area (Å²) in [6, 6.07) is 17.2. The average Bonchev–Trinajstić information content (AvgIpc) is 2.94. The number of carbonyl (C=O) groups excluding carboxylic acids is 2. The van der Waals surface area contributed by atoms with Crippen LogP contribution in [0.2, 0.25) is 10.0 Å². The number of halogens is 2. The maximum absolute atomic E-state index is 12.1. The molecule has 0 spiro atoms. The molecule has 0 aliphatic rings. The first-order valence-electron chi connectivity index (χ1n) is 12.7. The van der Waals surface area contributed by atoms with E-state index in [9.17, 15) is 9.59 Å². The van der Waals surface area contributed by atoms with Gasteiger partial charge in [0.2, 0.25) is 5.91 Å². The molecule has 10 heteroatoms. The van der Waals surface area contributed by atoms with E-state index >= 15 is 0 Å². The summed E-state index contributed by atoms with van der Waals surface area (Å²) < 4.78 is 22.2. The number of ether oxygens (including phenoxy) is 4. The lowest BCUT2D eigenvalue weighted by Crippen LogP contribution is -2.18. The van der Waals surface area contributed by atoms with Crippen LogP contribution in [-0.4, -0.2) is 38.4 Å². The third-order valence-corrected chi connectivity index (χ3v) is 5.97. The fourth-order valence-corrected chi connectivity index (χ4v) is 3.87. The van der Waals surface area contributed by atoms with E-state index in [0.717, 1.165) is 11.1 Å². The normalized spacial score (nSPS) is 10.9. The van der Waals surface area contributed by atoms with Crippen LogP contribution in [0.25, 0.3) is 0 Å². The van der Waals surface area contributed by atoms with E-state index in [-0.39, 0.29) is 30.8 Å². The predicted octanol–water partition coefficient (Wildman–Crippen LogP) is 6.70. The first kappa shape index (κ1) is 30.8. The lowest BCUT2D eigenvalue weighted by atomic mass is 10.1. The van der Waals surface area contributed by atoms with Crippen LogP contribution >= 0.6 is 23.2 Å². The van der Waals surface area contributed by atoms with Crippen LogP contribution in [0.5, 0.6) is 17.2 Å². The molecule has 0 radical (unpaired) electrons. The summed E-state index contributed by atoms with van der Waals surface area (Å²) in [5.41, 5.74) is 4.52. The molecule has 3 aromatic carbocycles. The fraction of sp³-hybridized carbons (Fsp3) is 0.300. The van der Waals surface area contributed by atoms with E-state index in [4.69, 9.17) is 42.1 Å². The van der Waals surface area contributed by atoms with Crippen molar-refractivity contribution in [1.82, 2.24) is 5.43 Å². The van der Waals surface area contributed by atoms with Gasteiger partial charge in [0.15, 0.2) is 0 Å². The van der Waals surface area contributed by atoms with Gasteiger partial charge in [0, 0.05) is 17.0 Å². The number of amides is 1. The molecule has 0 atom stereocenters. The Bertz CT molecular complexity index is 1310. The highest BCUT2D eigenvalue weighted by molar-refractivity contribution is 6.35. The van der Waals surface area contributed by atoms with Gasteiger partial charge < -0.3 is 18.9 Å². The highest BCUT2D eigenvalue weighted by Gasteiger charge is 2.10. The number of nitrogens with one attached hydrogen (secondary N) is 1. The number of esters is 1. The number of nitrogens with zero attached hydrogens (tertiary/aromatic N) is 1. The lowest BCUT2D eigenvalue weighted by Gasteiger charge is -2.12. The number of rotatable bonds is 14. The van der Waals surface area contributed by atoms with Gasteiger partial charge in [-0.15, -0.1) is 0 Å². The maximum atomic E-state index is 12.1. The van der Waals surface area contributed by atoms with Gasteiger partial charge >= 0.3 is 5.97 Å². The van der Waals surface area contributed by atoms with Gasteiger partial charge in [-0.25, -0.2) is 10.2 Å². The molecule has 8 nitrogen and oxygen atoms in total. The molecule has 0 aromatic heterocycles. The minimum atomic E-state index is -0.364. The summed E-state index contributed by atoms with van der Waals surface area (Å²) >= 11 is 11.9. The van der Waals surface area contributed by atoms with E-state index in [0.29, 0.717) is 52.5 Å². The molecule has 0 bridgehead atoms. The Balaban J connectivity index is 1.47. The van der Waals surface area contributed by atoms with Gasteiger partial charge in [0.1, 0.15) is 23.9 Å². The Morgan fingerprint density at radius 3 is 2.42 bits per heavy atom. The topological polar surface area (TPSA) is 95.5 Å². The van der Waals surface area contributed by atoms with Crippen LogP contribution in [0, 0.1) is 5.92 Å². The van der Waals surface area contributed by atoms with Crippen LogP contribution in [-0.2, 0) is 16.1 Å². The largest absolute Gasteiger partial charge is 0.496 e. The van der Waals surface area contributed by atoms with Crippen molar-refractivity contribution in [1.29, 1.82) is 0 Å². The number of hydrogen-bond acceptors (Lipinski definition) is 7. The second-order valence-corrected chi connectivity index (χ2v) is 10.0. The van der Waals surface area contributed by atoms with E-state index in [1.807, 2.05) is 26.0 Å². The van der Waals surface area contributed by atoms with Crippen molar-refractivity contribution in [2.24, 2.45) is 11.0 Å². The number of carbonyl (C=O) groups is 2. The zero-order valence-corrected chi connectivity index (χ0v) is 24.1. The van der Waals surface area contributed by atoms with Crippen molar-refractivity contribution in [3.05, 3.63) is 87.4 Å². The Hall–Kier alpha value is -3.75. The van der Waals surface area contributed by atoms with Crippen molar-refractivity contribution in [2.45, 2.75) is 33.3 Å². The lowest BCUT2D eigenvalue weighted by molar-refractivity contribution is -0.121. The number of methoxy groups -OCH3 is 1. The third kappa shape index (κ3) is 10.1. The molecule has 0 saturated heterocycles. The van der Waals surface area contributed by atoms with Gasteiger partial charge in [0.05, 0.1) is 37.1 Å². The first-order valence-corrected chi connectivity index (χ1v) is 13.5. The molecule has 0 unspecified atom stereocenters. The maximum Gasteiger partial charge on any atom is 0.338 e. The van der Waals surface area contributed by atoms with Crippen molar-refractivity contribution in [2.75, 3.05) is 20.3 Å². The van der Waals surface area contributed by atoms with Gasteiger partial charge in [-0.05, 0) is 78.6 Å². The highest BCUT2D eigenvalue weighted by atomic mass is 35.5. The van der Waals surface area contributed by atoms with Crippen LogP contribution in [0.1, 0.15) is 48.2 Å². The Morgan fingerprint density at radius 1 is 0.975 bits per heavy atom. The molecule has 1 amide bonds. The van der Waals surface area contributed by atoms with Gasteiger partial charge in [-0.1, -0.05) is 37.0 Å². The van der Waals surface area contributed by atoms with Crippen molar-refractivity contribution in [3.63, 3.8) is 0 Å². The Morgan fingerprint density at radius 2 is 1.73 bits per heavy atom. The summed E-state index contributed by atoms with van der Waals surface area (Å²) in [6.07, 6.45) is 2.27. The Labute approximate surface area is 244 Å². The highest BCUT2D eigenvalue weighted by Crippen LogP contribution is 2.27. The van der Waals surface area contributed by atoms with Gasteiger partial charge in [0.25, 0.3) is 0 Å². The van der Waals surface area contributed by atoms with Gasteiger partial charge in [-0.3, -0.25) is 4.79 Å². The first-order chi connectivity index (χ1) is 19.2. The standard InChI is InChI=1S/C30H32Cl2N2O6/c1-20(2)18-40-30(36)22-7-10-25(11-8-22)39-19-23-15-21(6-12-27(23)37-3)17-33-34-29(35)5-4-14-38-28-13-9-24(31)16-26(28)32/h6-13,15-17,20H,4-5,14,18-19H2,1-3H3,(H,34,35). The zero-order valence-electron chi connectivity index (χ0n) is 22.6. The summed E-state index contributed by atoms with van der Waals surface area (Å²) in [4.78, 5) is 24.2. The molecule has 3 aromatic rings. The SMILES string of the molecule is COc1ccc(C=NNC(=O)CCCOc2ccc(Cl)cc2Cl)cc1COc1ccc(C(=O)OCC(C)C)cc1. The van der Waals surface area contributed by atoms with Crippen LogP contribution < -0.4 is 19.6 Å². The number of hydrazone groups is 1. The minimum absolute atomic E-state index is 0.228. The molecular formula is C30H32Cl2N2O6. The average molecular weight is 588 g/mol. The monoisotopic (exact) mass is 586 g/mol. The zero-order chi connectivity index (χ0) is 28.9. The van der Waals surface area contributed by atoms with Crippen molar-refractivity contribution in [3.8, 4) is 17.2 Å². The second-order valence-electron chi connectivity index (χ2n) is 9.20. The molecule has 0 saturated carbocycles. The smallest absolute Gasteiger partial charge is 0.338 e. The number of benzene rings is 3. The second kappa shape index (κ2) is 15.7. The fourth-order valence-electron chi connectivity index (χ4n) is 3.41. The molecular weight excluding hydrogens is 555 g/mol.